The number of nitrogens with one attached hydrogen (secondary N) is 1. The molecule has 0 aliphatic carbocycles. The predicted octanol–water partition coefficient (Wildman–Crippen LogP) is 3.14. The number of carbonyl (C=O) groups excluding carboxylic acids is 1. The third-order valence-corrected chi connectivity index (χ3v) is 7.42. The van der Waals surface area contributed by atoms with Gasteiger partial charge in [-0.05, 0) is 29.7 Å². The van der Waals surface area contributed by atoms with Crippen LogP contribution in [0.2, 0.25) is 0 Å². The van der Waals surface area contributed by atoms with Crippen molar-refractivity contribution in [3.05, 3.63) is 65.7 Å². The van der Waals surface area contributed by atoms with Crippen molar-refractivity contribution in [2.24, 2.45) is 0 Å². The highest BCUT2D eigenvalue weighted by molar-refractivity contribution is 5.89. The zero-order chi connectivity index (χ0) is 19.2. The summed E-state index contributed by atoms with van der Waals surface area (Å²) in [6, 6.07) is 14.5. The van der Waals surface area contributed by atoms with E-state index in [1.54, 1.807) is 0 Å². The molecule has 1 saturated heterocycles. The average molecular weight is 373 g/mol. The van der Waals surface area contributed by atoms with Gasteiger partial charge in [0, 0.05) is 47.6 Å². The SMILES string of the molecule is C=C1c2cccc3c2[C@]24CCN1[C@@H](C(=O)OC)[C@@H]2c1ccccc1N[C@@H]4N3C. The number of hydrogen-bond donors (Lipinski definition) is 1. The maximum Gasteiger partial charge on any atom is 0.329 e. The first kappa shape index (κ1) is 16.0. The molecule has 142 valence electrons. The summed E-state index contributed by atoms with van der Waals surface area (Å²) in [5.74, 6) is -0.162. The number of methoxy groups -OCH3 is 1. The molecule has 1 fully saturated rings. The van der Waals surface area contributed by atoms with Crippen LogP contribution in [-0.2, 0) is 14.9 Å². The Balaban J connectivity index is 1.75. The quantitative estimate of drug-likeness (QED) is 0.778. The van der Waals surface area contributed by atoms with Crippen molar-refractivity contribution in [3.63, 3.8) is 0 Å². The first-order valence-electron chi connectivity index (χ1n) is 9.85. The lowest BCUT2D eigenvalue weighted by Crippen LogP contribution is -2.64. The largest absolute Gasteiger partial charge is 0.467 e. The maximum absolute atomic E-state index is 13.1. The van der Waals surface area contributed by atoms with Gasteiger partial charge in [0.2, 0.25) is 0 Å². The molecule has 2 aromatic rings. The van der Waals surface area contributed by atoms with E-state index in [0.29, 0.717) is 0 Å². The second-order valence-corrected chi connectivity index (χ2v) is 8.32. The van der Waals surface area contributed by atoms with Crippen LogP contribution in [-0.4, -0.2) is 43.8 Å². The maximum atomic E-state index is 13.1. The summed E-state index contributed by atoms with van der Waals surface area (Å²) in [6.07, 6.45) is 1.08. The molecule has 0 radical (unpaired) electrons. The Morgan fingerprint density at radius 2 is 2.07 bits per heavy atom. The predicted molar refractivity (Wildman–Crippen MR) is 109 cm³/mol. The zero-order valence-electron chi connectivity index (χ0n) is 16.1. The standard InChI is InChI=1S/C23H23N3O2/c1-13-14-8-6-10-17-18(14)23-11-12-26(13)20(21(27)28-3)19(23)15-7-4-5-9-16(15)24-22(23)25(17)2/h4-10,19-20,22,24H,1,11-12H2,2-3H3/t19-,20+,22+,23+/m0/s1. The molecule has 1 N–H and O–H groups in total. The van der Waals surface area contributed by atoms with Crippen LogP contribution < -0.4 is 10.2 Å². The van der Waals surface area contributed by atoms with Crippen LogP contribution >= 0.6 is 0 Å². The second-order valence-electron chi connectivity index (χ2n) is 8.32. The minimum Gasteiger partial charge on any atom is -0.467 e. The van der Waals surface area contributed by atoms with Crippen molar-refractivity contribution in [2.75, 3.05) is 30.9 Å². The van der Waals surface area contributed by atoms with Crippen molar-refractivity contribution >= 4 is 23.0 Å². The van der Waals surface area contributed by atoms with Crippen molar-refractivity contribution < 1.29 is 9.53 Å². The lowest BCUT2D eigenvalue weighted by molar-refractivity contribution is -0.149. The number of ether oxygens (including phenoxy) is 1. The van der Waals surface area contributed by atoms with E-state index in [-0.39, 0.29) is 29.5 Å². The molecule has 5 nitrogen and oxygen atoms in total. The van der Waals surface area contributed by atoms with Gasteiger partial charge in [-0.2, -0.15) is 0 Å². The van der Waals surface area contributed by atoms with E-state index in [0.717, 1.165) is 24.4 Å². The Bertz CT molecular complexity index is 1050. The van der Waals surface area contributed by atoms with Gasteiger partial charge in [0.1, 0.15) is 12.2 Å². The van der Waals surface area contributed by atoms with Gasteiger partial charge in [0.25, 0.3) is 0 Å². The third-order valence-electron chi connectivity index (χ3n) is 7.42. The molecule has 2 aromatic carbocycles. The highest BCUT2D eigenvalue weighted by atomic mass is 16.5. The molecule has 0 amide bonds. The number of nitrogens with zero attached hydrogens (tertiary/aromatic N) is 2. The number of carbonyl (C=O) groups is 1. The smallest absolute Gasteiger partial charge is 0.329 e. The van der Waals surface area contributed by atoms with E-state index in [9.17, 15) is 4.79 Å². The molecule has 0 saturated carbocycles. The van der Waals surface area contributed by atoms with Crippen molar-refractivity contribution in [2.45, 2.75) is 30.0 Å². The Kier molecular flexibility index (Phi) is 2.92. The molecule has 5 aliphatic rings. The van der Waals surface area contributed by atoms with Gasteiger partial charge in [-0.15, -0.1) is 0 Å². The summed E-state index contributed by atoms with van der Waals surface area (Å²) >= 11 is 0. The summed E-state index contributed by atoms with van der Waals surface area (Å²) in [5, 5.41) is 3.81. The number of hydrogen-bond acceptors (Lipinski definition) is 5. The molecule has 4 atom stereocenters. The van der Waals surface area contributed by atoms with E-state index < -0.39 is 0 Å². The van der Waals surface area contributed by atoms with Crippen molar-refractivity contribution in [1.82, 2.24) is 4.90 Å². The van der Waals surface area contributed by atoms with Crippen LogP contribution in [0.4, 0.5) is 11.4 Å². The van der Waals surface area contributed by atoms with Gasteiger partial charge in [-0.1, -0.05) is 36.9 Å². The molecule has 5 heterocycles. The Morgan fingerprint density at radius 1 is 1.25 bits per heavy atom. The lowest BCUT2D eigenvalue weighted by Gasteiger charge is -2.55. The normalized spacial score (nSPS) is 31.1. The Labute approximate surface area is 164 Å². The number of rotatable bonds is 1. The van der Waals surface area contributed by atoms with Crippen molar-refractivity contribution in [1.29, 1.82) is 0 Å². The van der Waals surface area contributed by atoms with Crippen LogP contribution in [0.3, 0.4) is 0 Å². The molecule has 7 rings (SSSR count). The zero-order valence-corrected chi connectivity index (χ0v) is 16.1. The number of piperidine rings is 1. The van der Waals surface area contributed by atoms with Crippen molar-refractivity contribution in [3.8, 4) is 0 Å². The summed E-state index contributed by atoms with van der Waals surface area (Å²) in [6.45, 7) is 5.24. The molecule has 5 heteroatoms. The number of benzene rings is 2. The lowest BCUT2D eigenvalue weighted by atomic mass is 9.58. The molecule has 5 aliphatic heterocycles. The fourth-order valence-electron chi connectivity index (χ4n) is 6.40. The fraction of sp³-hybridized carbons (Fsp3) is 0.348. The van der Waals surface area contributed by atoms with Crippen LogP contribution in [0.1, 0.15) is 29.0 Å². The number of fused-ring (bicyclic) bond motifs is 2. The van der Waals surface area contributed by atoms with Gasteiger partial charge < -0.3 is 19.9 Å². The Hall–Kier alpha value is -2.95. The van der Waals surface area contributed by atoms with Gasteiger partial charge in [-0.3, -0.25) is 0 Å². The van der Waals surface area contributed by atoms with Gasteiger partial charge in [-0.25, -0.2) is 4.79 Å². The van der Waals surface area contributed by atoms with E-state index in [1.807, 2.05) is 0 Å². The number of para-hydroxylation sites is 1. The Morgan fingerprint density at radius 3 is 2.89 bits per heavy atom. The summed E-state index contributed by atoms with van der Waals surface area (Å²) < 4.78 is 5.33. The first-order valence-corrected chi connectivity index (χ1v) is 9.85. The molecule has 28 heavy (non-hydrogen) atoms. The number of likely N-dealkylation sites (N-methyl/N-ethyl adjacent to an activating group) is 1. The summed E-state index contributed by atoms with van der Waals surface area (Å²) in [5.41, 5.74) is 6.80. The molecular weight excluding hydrogens is 350 g/mol. The minimum atomic E-state index is -0.372. The van der Waals surface area contributed by atoms with E-state index >= 15 is 0 Å². The van der Waals surface area contributed by atoms with Crippen LogP contribution in [0.25, 0.3) is 5.70 Å². The average Bonchev–Trinajstić information content (AvgIpc) is 2.84. The van der Waals surface area contributed by atoms with Crippen LogP contribution in [0, 0.1) is 0 Å². The number of esters is 1. The monoisotopic (exact) mass is 373 g/mol. The summed E-state index contributed by atoms with van der Waals surface area (Å²) in [7, 11) is 3.65. The van der Waals surface area contributed by atoms with E-state index in [4.69, 9.17) is 4.74 Å². The third kappa shape index (κ3) is 1.59. The molecule has 1 spiro atoms. The summed E-state index contributed by atoms with van der Waals surface area (Å²) in [4.78, 5) is 17.7. The molecular formula is C23H23N3O2. The second kappa shape index (κ2) is 5.10. The highest BCUT2D eigenvalue weighted by Crippen LogP contribution is 2.65. The minimum absolute atomic E-state index is 0.0141. The number of anilines is 2. The van der Waals surface area contributed by atoms with Crippen LogP contribution in [0.5, 0.6) is 0 Å². The van der Waals surface area contributed by atoms with Gasteiger partial charge >= 0.3 is 5.97 Å². The van der Waals surface area contributed by atoms with Crippen LogP contribution in [0.15, 0.2) is 49.0 Å². The van der Waals surface area contributed by atoms with Gasteiger partial charge in [0.15, 0.2) is 0 Å². The molecule has 0 aromatic heterocycles. The van der Waals surface area contributed by atoms with Gasteiger partial charge in [0.05, 0.1) is 7.11 Å². The topological polar surface area (TPSA) is 44.8 Å². The van der Waals surface area contributed by atoms with E-state index in [1.165, 1.54) is 29.5 Å². The molecule has 2 bridgehead atoms. The molecule has 0 unspecified atom stereocenters. The highest BCUT2D eigenvalue weighted by Gasteiger charge is 2.66. The first-order chi connectivity index (χ1) is 13.6. The fourth-order valence-corrected chi connectivity index (χ4v) is 6.40. The van der Waals surface area contributed by atoms with E-state index in [2.05, 4.69) is 71.2 Å².